The van der Waals surface area contributed by atoms with E-state index in [1.807, 2.05) is 12.1 Å². The number of benzene rings is 1. The van der Waals surface area contributed by atoms with Crippen LogP contribution in [0.5, 0.6) is 0 Å². The molecule has 2 aliphatic rings. The second kappa shape index (κ2) is 7.21. The van der Waals surface area contributed by atoms with Crippen LogP contribution in [0.2, 0.25) is 0 Å². The van der Waals surface area contributed by atoms with Crippen LogP contribution in [0.4, 0.5) is 0 Å². The van der Waals surface area contributed by atoms with Gasteiger partial charge >= 0.3 is 11.9 Å². The Kier molecular flexibility index (Phi) is 5.02. The van der Waals surface area contributed by atoms with Gasteiger partial charge in [-0.05, 0) is 49.3 Å². The fraction of sp³-hybridized carbons (Fsp3) is 0.500. The Balaban J connectivity index is 1.59. The smallest absolute Gasteiger partial charge is 0.336 e. The number of carboxylic acid groups (broad SMARTS) is 2. The molecule has 25 heavy (non-hydrogen) atoms. The van der Waals surface area contributed by atoms with Crippen molar-refractivity contribution in [2.45, 2.75) is 50.1 Å². The summed E-state index contributed by atoms with van der Waals surface area (Å²) in [4.78, 5) is 22.3. The van der Waals surface area contributed by atoms with E-state index in [4.69, 9.17) is 24.9 Å². The van der Waals surface area contributed by atoms with Crippen LogP contribution in [0.1, 0.15) is 42.7 Å². The summed E-state index contributed by atoms with van der Waals surface area (Å²) >= 11 is 0. The molecule has 1 aromatic carbocycles. The van der Waals surface area contributed by atoms with Gasteiger partial charge in [0.25, 0.3) is 0 Å². The molecule has 2 N–H and O–H groups in total. The number of carbonyl (C=O) groups is 2. The van der Waals surface area contributed by atoms with Crippen molar-refractivity contribution in [3.63, 3.8) is 0 Å². The largest absolute Gasteiger partial charge is 0.479 e. The molecule has 7 nitrogen and oxygen atoms in total. The SMILES string of the molecule is N#Cc1ccc(C2CCC(C3O[C@@H](C(=O)O)[C@H](C(=O)O)O3)CC2)cc1. The van der Waals surface area contributed by atoms with Crippen molar-refractivity contribution in [3.8, 4) is 6.07 Å². The highest BCUT2D eigenvalue weighted by atomic mass is 16.7. The number of nitriles is 1. The summed E-state index contributed by atoms with van der Waals surface area (Å²) in [5.41, 5.74) is 1.81. The number of hydrogen-bond acceptors (Lipinski definition) is 5. The topological polar surface area (TPSA) is 117 Å². The zero-order valence-corrected chi connectivity index (χ0v) is 13.5. The van der Waals surface area contributed by atoms with Crippen molar-refractivity contribution in [2.24, 2.45) is 5.92 Å². The summed E-state index contributed by atoms with van der Waals surface area (Å²) in [6.07, 6.45) is -0.395. The first-order valence-corrected chi connectivity index (χ1v) is 8.26. The van der Waals surface area contributed by atoms with Crippen molar-refractivity contribution >= 4 is 11.9 Å². The first-order chi connectivity index (χ1) is 12.0. The van der Waals surface area contributed by atoms with Crippen molar-refractivity contribution in [1.29, 1.82) is 5.26 Å². The van der Waals surface area contributed by atoms with E-state index in [0.717, 1.165) is 25.7 Å². The maximum absolute atomic E-state index is 11.1. The third-order valence-electron chi connectivity index (χ3n) is 4.99. The lowest BCUT2D eigenvalue weighted by Crippen LogP contribution is -2.36. The molecule has 0 spiro atoms. The van der Waals surface area contributed by atoms with Crippen LogP contribution in [-0.4, -0.2) is 40.6 Å². The molecule has 1 saturated carbocycles. The fourth-order valence-electron chi connectivity index (χ4n) is 3.62. The Hall–Kier alpha value is -2.43. The maximum atomic E-state index is 11.1. The third-order valence-corrected chi connectivity index (χ3v) is 4.99. The Morgan fingerprint density at radius 1 is 0.960 bits per heavy atom. The van der Waals surface area contributed by atoms with E-state index >= 15 is 0 Å². The molecule has 1 heterocycles. The molecular formula is C18H19NO6. The number of aliphatic carboxylic acids is 2. The van der Waals surface area contributed by atoms with Gasteiger partial charge in [0, 0.05) is 5.92 Å². The lowest BCUT2D eigenvalue weighted by Gasteiger charge is -2.31. The lowest BCUT2D eigenvalue weighted by molar-refractivity contribution is -0.156. The zero-order chi connectivity index (χ0) is 18.0. The predicted octanol–water partition coefficient (Wildman–Crippen LogP) is 2.11. The normalized spacial score (nSPS) is 29.9. The Bertz CT molecular complexity index is 665. The van der Waals surface area contributed by atoms with Gasteiger partial charge in [-0.3, -0.25) is 0 Å². The van der Waals surface area contributed by atoms with Crippen molar-refractivity contribution in [3.05, 3.63) is 35.4 Å². The Labute approximate surface area is 144 Å². The van der Waals surface area contributed by atoms with Crippen LogP contribution in [0.3, 0.4) is 0 Å². The van der Waals surface area contributed by atoms with Gasteiger partial charge in [-0.15, -0.1) is 0 Å². The summed E-state index contributed by atoms with van der Waals surface area (Å²) in [5.74, 6) is -2.28. The second-order valence-electron chi connectivity index (χ2n) is 6.50. The maximum Gasteiger partial charge on any atom is 0.336 e. The van der Waals surface area contributed by atoms with Crippen LogP contribution < -0.4 is 0 Å². The minimum Gasteiger partial charge on any atom is -0.479 e. The molecule has 1 aromatic rings. The second-order valence-corrected chi connectivity index (χ2v) is 6.50. The van der Waals surface area contributed by atoms with Crippen LogP contribution in [0, 0.1) is 17.2 Å². The van der Waals surface area contributed by atoms with E-state index in [1.165, 1.54) is 5.56 Å². The molecule has 1 saturated heterocycles. The van der Waals surface area contributed by atoms with Gasteiger partial charge < -0.3 is 19.7 Å². The van der Waals surface area contributed by atoms with Crippen LogP contribution in [-0.2, 0) is 19.1 Å². The number of ether oxygens (including phenoxy) is 2. The molecule has 1 aliphatic carbocycles. The monoisotopic (exact) mass is 345 g/mol. The highest BCUT2D eigenvalue weighted by molar-refractivity contribution is 5.84. The molecule has 0 bridgehead atoms. The average molecular weight is 345 g/mol. The highest BCUT2D eigenvalue weighted by Gasteiger charge is 2.48. The third kappa shape index (κ3) is 3.65. The zero-order valence-electron chi connectivity index (χ0n) is 13.5. The fourth-order valence-corrected chi connectivity index (χ4v) is 3.62. The van der Waals surface area contributed by atoms with E-state index in [1.54, 1.807) is 12.1 Å². The molecule has 1 aliphatic heterocycles. The summed E-state index contributed by atoms with van der Waals surface area (Å²) in [7, 11) is 0. The minimum absolute atomic E-state index is 0.0131. The summed E-state index contributed by atoms with van der Waals surface area (Å²) in [5, 5.41) is 27.0. The molecule has 2 atom stereocenters. The number of rotatable bonds is 4. The number of hydrogen-bond donors (Lipinski definition) is 2. The molecule has 3 rings (SSSR count). The van der Waals surface area contributed by atoms with E-state index in [9.17, 15) is 9.59 Å². The average Bonchev–Trinajstić information content (AvgIpc) is 3.08. The molecule has 0 amide bonds. The van der Waals surface area contributed by atoms with E-state index in [0.29, 0.717) is 11.5 Å². The molecule has 7 heteroatoms. The number of nitrogens with zero attached hydrogens (tertiary/aromatic N) is 1. The standard InChI is InChI=1S/C18H19NO6/c19-9-10-1-3-11(4-2-10)12-5-7-13(8-6-12)18-24-14(16(20)21)15(25-18)17(22)23/h1-4,12-15,18H,5-8H2,(H,20,21)(H,22,23)/t12?,13?,14-,15-/m1/s1. The highest BCUT2D eigenvalue weighted by Crippen LogP contribution is 2.40. The van der Waals surface area contributed by atoms with Gasteiger partial charge in [-0.25, -0.2) is 9.59 Å². The summed E-state index contributed by atoms with van der Waals surface area (Å²) < 4.78 is 10.7. The van der Waals surface area contributed by atoms with Gasteiger partial charge in [-0.1, -0.05) is 12.1 Å². The van der Waals surface area contributed by atoms with Crippen molar-refractivity contribution in [1.82, 2.24) is 0 Å². The molecule has 0 unspecified atom stereocenters. The van der Waals surface area contributed by atoms with E-state index < -0.39 is 30.4 Å². The molecular weight excluding hydrogens is 326 g/mol. The van der Waals surface area contributed by atoms with Crippen molar-refractivity contribution < 1.29 is 29.3 Å². The summed E-state index contributed by atoms with van der Waals surface area (Å²) in [6.45, 7) is 0. The van der Waals surface area contributed by atoms with Gasteiger partial charge in [0.15, 0.2) is 18.5 Å². The Morgan fingerprint density at radius 2 is 1.48 bits per heavy atom. The first-order valence-electron chi connectivity index (χ1n) is 8.26. The van der Waals surface area contributed by atoms with Crippen LogP contribution in [0.25, 0.3) is 0 Å². The Morgan fingerprint density at radius 3 is 1.92 bits per heavy atom. The lowest BCUT2D eigenvalue weighted by atomic mass is 9.78. The minimum atomic E-state index is -1.46. The van der Waals surface area contributed by atoms with E-state index in [2.05, 4.69) is 6.07 Å². The van der Waals surface area contributed by atoms with E-state index in [-0.39, 0.29) is 5.92 Å². The molecule has 0 aromatic heterocycles. The van der Waals surface area contributed by atoms with Gasteiger partial charge in [-0.2, -0.15) is 5.26 Å². The predicted molar refractivity (Wildman–Crippen MR) is 84.7 cm³/mol. The van der Waals surface area contributed by atoms with Gasteiger partial charge in [0.2, 0.25) is 0 Å². The molecule has 0 radical (unpaired) electrons. The van der Waals surface area contributed by atoms with Crippen molar-refractivity contribution in [2.75, 3.05) is 0 Å². The van der Waals surface area contributed by atoms with Gasteiger partial charge in [0.05, 0.1) is 11.6 Å². The van der Waals surface area contributed by atoms with Crippen LogP contribution in [0.15, 0.2) is 24.3 Å². The summed E-state index contributed by atoms with van der Waals surface area (Å²) in [6, 6.07) is 9.64. The van der Waals surface area contributed by atoms with Gasteiger partial charge in [0.1, 0.15) is 0 Å². The molecule has 132 valence electrons. The molecule has 2 fully saturated rings. The van der Waals surface area contributed by atoms with Crippen LogP contribution >= 0.6 is 0 Å². The first kappa shape index (κ1) is 17.4. The quantitative estimate of drug-likeness (QED) is 0.858. The number of carboxylic acids is 2.